The van der Waals surface area contributed by atoms with E-state index in [2.05, 4.69) is 4.98 Å². The summed E-state index contributed by atoms with van der Waals surface area (Å²) in [6, 6.07) is 6.97. The highest BCUT2D eigenvalue weighted by atomic mass is 32.2. The Morgan fingerprint density at radius 2 is 2.00 bits per heavy atom. The molecule has 5 heteroatoms. The van der Waals surface area contributed by atoms with Crippen LogP contribution in [0.1, 0.15) is 0 Å². The van der Waals surface area contributed by atoms with Crippen LogP contribution in [0.3, 0.4) is 0 Å². The largest absolute Gasteiger partial charge is 0.497 e. The summed E-state index contributed by atoms with van der Waals surface area (Å²) in [5.41, 5.74) is 0.788. The van der Waals surface area contributed by atoms with E-state index in [0.29, 0.717) is 5.75 Å². The van der Waals surface area contributed by atoms with Gasteiger partial charge in [0.15, 0.2) is 9.84 Å². The number of benzene rings is 1. The van der Waals surface area contributed by atoms with Gasteiger partial charge < -0.3 is 9.72 Å². The molecule has 0 aliphatic carbocycles. The lowest BCUT2D eigenvalue weighted by molar-refractivity contribution is 0.415. The summed E-state index contributed by atoms with van der Waals surface area (Å²) in [6.45, 7) is 0. The number of rotatable bonds is 2. The number of fused-ring (bicyclic) bond motifs is 1. The molecule has 0 fully saturated rings. The molecule has 1 aromatic carbocycles. The van der Waals surface area contributed by atoms with E-state index < -0.39 is 9.84 Å². The van der Waals surface area contributed by atoms with Gasteiger partial charge in [-0.15, -0.1) is 0 Å². The maximum atomic E-state index is 11.3. The predicted octanol–water partition coefficient (Wildman–Crippen LogP) is 1.58. The first-order chi connectivity index (χ1) is 7.00. The van der Waals surface area contributed by atoms with Crippen molar-refractivity contribution >= 4 is 20.7 Å². The van der Waals surface area contributed by atoms with Crippen LogP contribution in [0.15, 0.2) is 29.3 Å². The Morgan fingerprint density at radius 3 is 2.60 bits per heavy atom. The number of sulfone groups is 1. The molecule has 1 N–H and O–H groups in total. The second kappa shape index (κ2) is 3.27. The topological polar surface area (TPSA) is 59.2 Å². The highest BCUT2D eigenvalue weighted by molar-refractivity contribution is 7.90. The fraction of sp³-hybridized carbons (Fsp3) is 0.200. The van der Waals surface area contributed by atoms with Crippen molar-refractivity contribution in [3.05, 3.63) is 24.3 Å². The Morgan fingerprint density at radius 1 is 1.27 bits per heavy atom. The Kier molecular flexibility index (Phi) is 2.19. The zero-order valence-electron chi connectivity index (χ0n) is 8.44. The van der Waals surface area contributed by atoms with E-state index >= 15 is 0 Å². The first-order valence-corrected chi connectivity index (χ1v) is 6.26. The van der Waals surface area contributed by atoms with Gasteiger partial charge in [-0.2, -0.15) is 0 Å². The lowest BCUT2D eigenvalue weighted by Crippen LogP contribution is -1.96. The minimum Gasteiger partial charge on any atom is -0.497 e. The average molecular weight is 225 g/mol. The van der Waals surface area contributed by atoms with Gasteiger partial charge in [-0.05, 0) is 24.3 Å². The summed E-state index contributed by atoms with van der Waals surface area (Å²) in [5, 5.41) is 1.06. The molecule has 15 heavy (non-hydrogen) atoms. The zero-order chi connectivity index (χ0) is 11.1. The van der Waals surface area contributed by atoms with Crippen LogP contribution in [0, 0.1) is 0 Å². The Bertz CT molecular complexity index is 598. The van der Waals surface area contributed by atoms with Gasteiger partial charge in [-0.25, -0.2) is 8.42 Å². The lowest BCUT2D eigenvalue weighted by Gasteiger charge is -1.97. The number of methoxy groups -OCH3 is 1. The molecular formula is C10H11NO3S. The summed E-state index contributed by atoms with van der Waals surface area (Å²) in [7, 11) is -1.61. The summed E-state index contributed by atoms with van der Waals surface area (Å²) in [5.74, 6) is 0.710. The first-order valence-electron chi connectivity index (χ1n) is 4.37. The molecule has 0 spiro atoms. The molecule has 2 rings (SSSR count). The number of hydrogen-bond donors (Lipinski definition) is 1. The van der Waals surface area contributed by atoms with Crippen LogP contribution in [0.25, 0.3) is 10.9 Å². The summed E-state index contributed by atoms with van der Waals surface area (Å²) in [4.78, 5) is 2.84. The van der Waals surface area contributed by atoms with Crippen molar-refractivity contribution in [3.8, 4) is 5.75 Å². The molecule has 1 aromatic heterocycles. The third-order valence-corrected chi connectivity index (χ3v) is 3.22. The molecule has 0 aliphatic heterocycles. The van der Waals surface area contributed by atoms with Gasteiger partial charge in [-0.1, -0.05) is 0 Å². The molecule has 1 heterocycles. The maximum Gasteiger partial charge on any atom is 0.190 e. The standard InChI is InChI=1S/C10H11NO3S/c1-14-8-3-4-9-7(5-8)6-10(11-9)15(2,12)13/h3-6,11H,1-2H3. The van der Waals surface area contributed by atoms with Crippen molar-refractivity contribution in [2.45, 2.75) is 5.03 Å². The molecule has 0 saturated carbocycles. The van der Waals surface area contributed by atoms with Crippen molar-refractivity contribution in [2.24, 2.45) is 0 Å². The van der Waals surface area contributed by atoms with Crippen LogP contribution in [0.2, 0.25) is 0 Å². The molecule has 0 amide bonds. The third kappa shape index (κ3) is 1.83. The van der Waals surface area contributed by atoms with E-state index in [9.17, 15) is 8.42 Å². The van der Waals surface area contributed by atoms with Crippen LogP contribution in [-0.2, 0) is 9.84 Å². The van der Waals surface area contributed by atoms with Crippen LogP contribution in [0.4, 0.5) is 0 Å². The molecular weight excluding hydrogens is 214 g/mol. The normalized spacial score (nSPS) is 11.9. The maximum absolute atomic E-state index is 11.3. The van der Waals surface area contributed by atoms with Crippen molar-refractivity contribution in [3.63, 3.8) is 0 Å². The highest BCUT2D eigenvalue weighted by Gasteiger charge is 2.10. The quantitative estimate of drug-likeness (QED) is 0.844. The molecule has 0 aliphatic rings. The molecule has 80 valence electrons. The minimum absolute atomic E-state index is 0.228. The van der Waals surface area contributed by atoms with Gasteiger partial charge in [0.2, 0.25) is 0 Å². The van der Waals surface area contributed by atoms with Crippen molar-refractivity contribution in [1.29, 1.82) is 0 Å². The fourth-order valence-corrected chi connectivity index (χ4v) is 2.05. The van der Waals surface area contributed by atoms with E-state index in [1.807, 2.05) is 0 Å². The van der Waals surface area contributed by atoms with E-state index in [0.717, 1.165) is 10.9 Å². The monoisotopic (exact) mass is 225 g/mol. The van der Waals surface area contributed by atoms with Gasteiger partial charge in [0, 0.05) is 17.2 Å². The molecule has 0 atom stereocenters. The van der Waals surface area contributed by atoms with Gasteiger partial charge in [0.1, 0.15) is 10.8 Å². The SMILES string of the molecule is COc1ccc2[nH]c(S(C)(=O)=O)cc2c1. The second-order valence-electron chi connectivity index (χ2n) is 3.36. The smallest absolute Gasteiger partial charge is 0.190 e. The van der Waals surface area contributed by atoms with E-state index in [4.69, 9.17) is 4.74 Å². The first kappa shape index (κ1) is 10.0. The zero-order valence-corrected chi connectivity index (χ0v) is 9.26. The molecule has 0 radical (unpaired) electrons. The van der Waals surface area contributed by atoms with Gasteiger partial charge in [0.25, 0.3) is 0 Å². The number of aromatic amines is 1. The minimum atomic E-state index is -3.18. The Hall–Kier alpha value is -1.49. The molecule has 0 unspecified atom stereocenters. The summed E-state index contributed by atoms with van der Waals surface area (Å²) in [6.07, 6.45) is 1.18. The van der Waals surface area contributed by atoms with E-state index in [-0.39, 0.29) is 5.03 Å². The molecule has 0 bridgehead atoms. The predicted molar refractivity (Wildman–Crippen MR) is 58.0 cm³/mol. The summed E-state index contributed by atoms with van der Waals surface area (Å²) < 4.78 is 27.6. The number of H-pyrrole nitrogens is 1. The Labute approximate surface area is 87.8 Å². The van der Waals surface area contributed by atoms with Crippen LogP contribution in [-0.4, -0.2) is 26.8 Å². The van der Waals surface area contributed by atoms with Crippen LogP contribution in [0.5, 0.6) is 5.75 Å². The third-order valence-electron chi connectivity index (χ3n) is 2.20. The van der Waals surface area contributed by atoms with Crippen molar-refractivity contribution < 1.29 is 13.2 Å². The number of ether oxygens (including phenoxy) is 1. The van der Waals surface area contributed by atoms with Crippen LogP contribution >= 0.6 is 0 Å². The highest BCUT2D eigenvalue weighted by Crippen LogP contribution is 2.23. The molecule has 0 saturated heterocycles. The van der Waals surface area contributed by atoms with E-state index in [1.54, 1.807) is 31.4 Å². The van der Waals surface area contributed by atoms with Gasteiger partial charge in [0.05, 0.1) is 7.11 Å². The van der Waals surface area contributed by atoms with Gasteiger partial charge in [-0.3, -0.25) is 0 Å². The lowest BCUT2D eigenvalue weighted by atomic mass is 10.2. The number of aromatic nitrogens is 1. The van der Waals surface area contributed by atoms with E-state index in [1.165, 1.54) is 6.26 Å². The van der Waals surface area contributed by atoms with Crippen molar-refractivity contribution in [2.75, 3.05) is 13.4 Å². The summed E-state index contributed by atoms with van der Waals surface area (Å²) >= 11 is 0. The average Bonchev–Trinajstić information content (AvgIpc) is 2.59. The number of hydrogen-bond acceptors (Lipinski definition) is 3. The molecule has 4 nitrogen and oxygen atoms in total. The van der Waals surface area contributed by atoms with Crippen molar-refractivity contribution in [1.82, 2.24) is 4.98 Å². The fourth-order valence-electron chi connectivity index (χ4n) is 1.41. The second-order valence-corrected chi connectivity index (χ2v) is 5.34. The molecule has 2 aromatic rings. The van der Waals surface area contributed by atoms with Gasteiger partial charge >= 0.3 is 0 Å². The number of nitrogens with one attached hydrogen (secondary N) is 1. The Balaban J connectivity index is 2.66. The van der Waals surface area contributed by atoms with Crippen LogP contribution < -0.4 is 4.74 Å².